The standard InChI is InChI=1S/C18H32N4O3/c19-18(8-12-25-13-9-18)16(23)20-15-6-10-22(11-7-15)17(24)21-14-4-2-1-3-5-14/h14-15H,1-13,19H2,(H,20,23)(H,21,24). The molecule has 0 aromatic rings. The first kappa shape index (κ1) is 18.5. The van der Waals surface area contributed by atoms with E-state index in [1.807, 2.05) is 4.90 Å². The largest absolute Gasteiger partial charge is 0.381 e. The lowest BCUT2D eigenvalue weighted by atomic mass is 9.89. The van der Waals surface area contributed by atoms with Crippen LogP contribution in [0.15, 0.2) is 0 Å². The molecule has 7 nitrogen and oxygen atoms in total. The molecule has 3 aliphatic rings. The molecule has 4 N–H and O–H groups in total. The van der Waals surface area contributed by atoms with E-state index in [1.54, 1.807) is 0 Å². The molecule has 25 heavy (non-hydrogen) atoms. The number of ether oxygens (including phenoxy) is 1. The maximum atomic E-state index is 12.5. The third kappa shape index (κ3) is 4.85. The third-order valence-electron chi connectivity index (χ3n) is 5.89. The van der Waals surface area contributed by atoms with Crippen molar-refractivity contribution in [1.82, 2.24) is 15.5 Å². The first-order chi connectivity index (χ1) is 12.1. The zero-order valence-corrected chi connectivity index (χ0v) is 15.1. The third-order valence-corrected chi connectivity index (χ3v) is 5.89. The van der Waals surface area contributed by atoms with Gasteiger partial charge in [-0.05, 0) is 38.5 Å². The van der Waals surface area contributed by atoms with Crippen molar-refractivity contribution in [2.24, 2.45) is 5.73 Å². The number of nitrogens with two attached hydrogens (primary N) is 1. The van der Waals surface area contributed by atoms with Crippen LogP contribution in [0, 0.1) is 0 Å². The molecule has 3 rings (SSSR count). The Morgan fingerprint density at radius 3 is 2.16 bits per heavy atom. The van der Waals surface area contributed by atoms with Crippen molar-refractivity contribution < 1.29 is 14.3 Å². The van der Waals surface area contributed by atoms with Gasteiger partial charge in [0.05, 0.1) is 5.54 Å². The molecule has 7 heteroatoms. The summed E-state index contributed by atoms with van der Waals surface area (Å²) in [6, 6.07) is 0.496. The number of amides is 3. The Balaban J connectivity index is 1.40. The van der Waals surface area contributed by atoms with Crippen LogP contribution in [0.1, 0.15) is 57.8 Å². The SMILES string of the molecule is NC1(C(=O)NC2CCN(C(=O)NC3CCCCC3)CC2)CCOCC1. The second kappa shape index (κ2) is 8.36. The lowest BCUT2D eigenvalue weighted by Crippen LogP contribution is -2.60. The highest BCUT2D eigenvalue weighted by Crippen LogP contribution is 2.20. The molecule has 2 aliphatic heterocycles. The summed E-state index contributed by atoms with van der Waals surface area (Å²) in [5, 5.41) is 6.26. The van der Waals surface area contributed by atoms with E-state index in [4.69, 9.17) is 10.5 Å². The molecule has 3 fully saturated rings. The molecular formula is C18H32N4O3. The maximum absolute atomic E-state index is 12.5. The van der Waals surface area contributed by atoms with Crippen LogP contribution < -0.4 is 16.4 Å². The van der Waals surface area contributed by atoms with Crippen LogP contribution in [0.4, 0.5) is 4.79 Å². The van der Waals surface area contributed by atoms with E-state index in [1.165, 1.54) is 19.3 Å². The van der Waals surface area contributed by atoms with Gasteiger partial charge in [0.15, 0.2) is 0 Å². The molecule has 0 aromatic carbocycles. The van der Waals surface area contributed by atoms with E-state index < -0.39 is 5.54 Å². The Bertz CT molecular complexity index is 465. The summed E-state index contributed by atoms with van der Waals surface area (Å²) in [6.07, 6.45) is 8.62. The molecule has 3 amide bonds. The quantitative estimate of drug-likeness (QED) is 0.709. The number of urea groups is 1. The van der Waals surface area contributed by atoms with E-state index in [9.17, 15) is 9.59 Å². The first-order valence-electron chi connectivity index (χ1n) is 9.80. The van der Waals surface area contributed by atoms with Crippen molar-refractivity contribution in [2.45, 2.75) is 75.4 Å². The minimum absolute atomic E-state index is 0.0522. The summed E-state index contributed by atoms with van der Waals surface area (Å²) in [5.41, 5.74) is 5.43. The summed E-state index contributed by atoms with van der Waals surface area (Å²) in [4.78, 5) is 26.7. The molecule has 0 spiro atoms. The summed E-state index contributed by atoms with van der Waals surface area (Å²) in [6.45, 7) is 2.46. The maximum Gasteiger partial charge on any atom is 0.317 e. The molecule has 0 unspecified atom stereocenters. The van der Waals surface area contributed by atoms with Crippen LogP contribution in [0.2, 0.25) is 0 Å². The normalized spacial score (nSPS) is 25.4. The summed E-state index contributed by atoms with van der Waals surface area (Å²) in [7, 11) is 0. The molecule has 142 valence electrons. The monoisotopic (exact) mass is 352 g/mol. The lowest BCUT2D eigenvalue weighted by Gasteiger charge is -2.37. The smallest absolute Gasteiger partial charge is 0.317 e. The van der Waals surface area contributed by atoms with Gasteiger partial charge in [0.25, 0.3) is 0 Å². The Morgan fingerprint density at radius 1 is 0.920 bits per heavy atom. The molecular weight excluding hydrogens is 320 g/mol. The second-order valence-electron chi connectivity index (χ2n) is 7.79. The van der Waals surface area contributed by atoms with E-state index >= 15 is 0 Å². The molecule has 1 aliphatic carbocycles. The Hall–Kier alpha value is -1.34. The molecule has 2 heterocycles. The van der Waals surface area contributed by atoms with Crippen molar-refractivity contribution in [3.8, 4) is 0 Å². The van der Waals surface area contributed by atoms with Crippen molar-refractivity contribution in [1.29, 1.82) is 0 Å². The minimum Gasteiger partial charge on any atom is -0.381 e. The highest BCUT2D eigenvalue weighted by Gasteiger charge is 2.37. The molecule has 0 aromatic heterocycles. The first-order valence-corrected chi connectivity index (χ1v) is 9.80. The van der Waals surface area contributed by atoms with Crippen LogP contribution >= 0.6 is 0 Å². The van der Waals surface area contributed by atoms with Gasteiger partial charge in [-0.15, -0.1) is 0 Å². The average Bonchev–Trinajstić information content (AvgIpc) is 2.64. The van der Waals surface area contributed by atoms with Gasteiger partial charge in [0.2, 0.25) is 5.91 Å². The van der Waals surface area contributed by atoms with Crippen molar-refractivity contribution >= 4 is 11.9 Å². The number of rotatable bonds is 3. The highest BCUT2D eigenvalue weighted by molar-refractivity contribution is 5.86. The molecule has 2 saturated heterocycles. The predicted molar refractivity (Wildman–Crippen MR) is 95.1 cm³/mol. The summed E-state index contributed by atoms with van der Waals surface area (Å²) in [5.74, 6) is -0.0686. The Morgan fingerprint density at radius 2 is 1.52 bits per heavy atom. The number of carbonyl (C=O) groups is 2. The average molecular weight is 352 g/mol. The van der Waals surface area contributed by atoms with E-state index in [-0.39, 0.29) is 18.0 Å². The number of hydrogen-bond donors (Lipinski definition) is 3. The molecule has 1 saturated carbocycles. The van der Waals surface area contributed by atoms with Gasteiger partial charge in [0.1, 0.15) is 0 Å². The van der Waals surface area contributed by atoms with Crippen LogP contribution in [-0.2, 0) is 9.53 Å². The number of nitrogens with zero attached hydrogens (tertiary/aromatic N) is 1. The Kier molecular flexibility index (Phi) is 6.17. The molecule has 0 atom stereocenters. The van der Waals surface area contributed by atoms with Crippen LogP contribution in [0.5, 0.6) is 0 Å². The van der Waals surface area contributed by atoms with Gasteiger partial charge in [-0.2, -0.15) is 0 Å². The number of nitrogens with one attached hydrogen (secondary N) is 2. The fourth-order valence-electron chi connectivity index (χ4n) is 4.03. The lowest BCUT2D eigenvalue weighted by molar-refractivity contribution is -0.130. The molecule has 0 bridgehead atoms. The minimum atomic E-state index is -0.798. The van der Waals surface area contributed by atoms with E-state index in [0.717, 1.165) is 25.7 Å². The topological polar surface area (TPSA) is 96.7 Å². The van der Waals surface area contributed by atoms with Gasteiger partial charge < -0.3 is 26.0 Å². The van der Waals surface area contributed by atoms with Crippen molar-refractivity contribution in [2.75, 3.05) is 26.3 Å². The summed E-state index contributed by atoms with van der Waals surface area (Å²) < 4.78 is 5.30. The number of carbonyl (C=O) groups excluding carboxylic acids is 2. The number of hydrogen-bond acceptors (Lipinski definition) is 4. The fourth-order valence-corrected chi connectivity index (χ4v) is 4.03. The van der Waals surface area contributed by atoms with Gasteiger partial charge in [-0.25, -0.2) is 4.79 Å². The second-order valence-corrected chi connectivity index (χ2v) is 7.79. The summed E-state index contributed by atoms with van der Waals surface area (Å²) >= 11 is 0. The van der Waals surface area contributed by atoms with Gasteiger partial charge in [-0.3, -0.25) is 4.79 Å². The predicted octanol–water partition coefficient (Wildman–Crippen LogP) is 1.12. The van der Waals surface area contributed by atoms with Crippen molar-refractivity contribution in [3.63, 3.8) is 0 Å². The van der Waals surface area contributed by atoms with Gasteiger partial charge in [-0.1, -0.05) is 19.3 Å². The number of piperidine rings is 1. The number of likely N-dealkylation sites (tertiary alicyclic amines) is 1. The van der Waals surface area contributed by atoms with Crippen molar-refractivity contribution in [3.05, 3.63) is 0 Å². The van der Waals surface area contributed by atoms with E-state index in [0.29, 0.717) is 45.2 Å². The van der Waals surface area contributed by atoms with Crippen LogP contribution in [0.25, 0.3) is 0 Å². The molecule has 0 radical (unpaired) electrons. The van der Waals surface area contributed by atoms with Crippen LogP contribution in [0.3, 0.4) is 0 Å². The zero-order chi connectivity index (χ0) is 17.7. The zero-order valence-electron chi connectivity index (χ0n) is 15.1. The van der Waals surface area contributed by atoms with Crippen LogP contribution in [-0.4, -0.2) is 60.8 Å². The fraction of sp³-hybridized carbons (Fsp3) is 0.889. The van der Waals surface area contributed by atoms with Gasteiger partial charge >= 0.3 is 6.03 Å². The highest BCUT2D eigenvalue weighted by atomic mass is 16.5. The van der Waals surface area contributed by atoms with E-state index in [2.05, 4.69) is 10.6 Å². The Labute approximate surface area is 150 Å². The van der Waals surface area contributed by atoms with Gasteiger partial charge in [0, 0.05) is 38.4 Å².